The Morgan fingerprint density at radius 2 is 2.12 bits per heavy atom. The molecule has 1 heterocycles. The standard InChI is InChI=1S/C12H10Cl2N2O/c1-16-10(5-6-15-16)11(17)7-8-3-2-4-9(13)12(8)14/h2-6H,7H2,1H3. The van der Waals surface area contributed by atoms with Gasteiger partial charge in [0.2, 0.25) is 0 Å². The van der Waals surface area contributed by atoms with Gasteiger partial charge in [0.1, 0.15) is 5.69 Å². The maximum atomic E-state index is 12.0. The number of hydrogen-bond acceptors (Lipinski definition) is 2. The van der Waals surface area contributed by atoms with E-state index < -0.39 is 0 Å². The number of benzene rings is 1. The second-order valence-corrected chi connectivity index (χ2v) is 4.44. The van der Waals surface area contributed by atoms with E-state index in [-0.39, 0.29) is 12.2 Å². The third-order valence-electron chi connectivity index (χ3n) is 2.49. The SMILES string of the molecule is Cn1nccc1C(=O)Cc1cccc(Cl)c1Cl. The summed E-state index contributed by atoms with van der Waals surface area (Å²) in [4.78, 5) is 12.0. The van der Waals surface area contributed by atoms with E-state index in [0.29, 0.717) is 15.7 Å². The van der Waals surface area contributed by atoms with Crippen molar-refractivity contribution >= 4 is 29.0 Å². The normalized spacial score (nSPS) is 10.5. The molecule has 0 bridgehead atoms. The molecule has 0 unspecified atom stereocenters. The zero-order valence-corrected chi connectivity index (χ0v) is 10.7. The highest BCUT2D eigenvalue weighted by Gasteiger charge is 2.13. The lowest BCUT2D eigenvalue weighted by molar-refractivity contribution is 0.0984. The highest BCUT2D eigenvalue weighted by atomic mass is 35.5. The molecular weight excluding hydrogens is 259 g/mol. The first kappa shape index (κ1) is 12.1. The first-order valence-corrected chi connectivity index (χ1v) is 5.79. The van der Waals surface area contributed by atoms with Crippen molar-refractivity contribution in [2.24, 2.45) is 7.05 Å². The molecule has 0 aliphatic carbocycles. The predicted molar refractivity (Wildman–Crippen MR) is 67.7 cm³/mol. The molecular formula is C12H10Cl2N2O. The van der Waals surface area contributed by atoms with Crippen molar-refractivity contribution < 1.29 is 4.79 Å². The van der Waals surface area contributed by atoms with E-state index in [0.717, 1.165) is 5.56 Å². The predicted octanol–water partition coefficient (Wildman–Crippen LogP) is 3.15. The number of aryl methyl sites for hydroxylation is 1. The molecule has 0 spiro atoms. The van der Waals surface area contributed by atoms with Gasteiger partial charge in [-0.05, 0) is 17.7 Å². The van der Waals surface area contributed by atoms with Gasteiger partial charge in [-0.2, -0.15) is 5.10 Å². The maximum absolute atomic E-state index is 12.0. The highest BCUT2D eigenvalue weighted by Crippen LogP contribution is 2.26. The monoisotopic (exact) mass is 268 g/mol. The second kappa shape index (κ2) is 4.90. The van der Waals surface area contributed by atoms with Crippen molar-refractivity contribution in [2.75, 3.05) is 0 Å². The van der Waals surface area contributed by atoms with Crippen LogP contribution in [0.3, 0.4) is 0 Å². The number of halogens is 2. The number of hydrogen-bond donors (Lipinski definition) is 0. The first-order chi connectivity index (χ1) is 8.09. The van der Waals surface area contributed by atoms with Crippen LogP contribution in [0.15, 0.2) is 30.5 Å². The van der Waals surface area contributed by atoms with Crippen LogP contribution in [0.25, 0.3) is 0 Å². The third kappa shape index (κ3) is 2.51. The van der Waals surface area contributed by atoms with E-state index in [2.05, 4.69) is 5.10 Å². The summed E-state index contributed by atoms with van der Waals surface area (Å²) in [6, 6.07) is 6.95. The molecule has 0 aliphatic heterocycles. The number of aromatic nitrogens is 2. The van der Waals surface area contributed by atoms with E-state index in [1.165, 1.54) is 0 Å². The van der Waals surface area contributed by atoms with Crippen LogP contribution in [0.1, 0.15) is 16.1 Å². The molecule has 17 heavy (non-hydrogen) atoms. The summed E-state index contributed by atoms with van der Waals surface area (Å²) in [5.74, 6) is -0.0332. The molecule has 0 amide bonds. The van der Waals surface area contributed by atoms with Crippen LogP contribution < -0.4 is 0 Å². The molecule has 2 rings (SSSR count). The van der Waals surface area contributed by atoms with Crippen molar-refractivity contribution in [2.45, 2.75) is 6.42 Å². The van der Waals surface area contributed by atoms with Gasteiger partial charge in [-0.1, -0.05) is 35.3 Å². The lowest BCUT2D eigenvalue weighted by Crippen LogP contribution is -2.09. The zero-order valence-electron chi connectivity index (χ0n) is 9.15. The summed E-state index contributed by atoms with van der Waals surface area (Å²) in [5.41, 5.74) is 1.28. The van der Waals surface area contributed by atoms with E-state index in [1.807, 2.05) is 0 Å². The Labute approximate surface area is 109 Å². The molecule has 1 aromatic carbocycles. The molecule has 0 atom stereocenters. The summed E-state index contributed by atoms with van der Waals surface area (Å²) in [6.45, 7) is 0. The van der Waals surface area contributed by atoms with E-state index in [4.69, 9.17) is 23.2 Å². The number of carbonyl (C=O) groups excluding carboxylic acids is 1. The second-order valence-electron chi connectivity index (χ2n) is 3.65. The van der Waals surface area contributed by atoms with Crippen molar-refractivity contribution in [1.29, 1.82) is 0 Å². The molecule has 0 radical (unpaired) electrons. The van der Waals surface area contributed by atoms with Crippen molar-refractivity contribution in [3.05, 3.63) is 51.8 Å². The Bertz CT molecular complexity index is 563. The first-order valence-electron chi connectivity index (χ1n) is 5.03. The van der Waals surface area contributed by atoms with Gasteiger partial charge in [-0.3, -0.25) is 9.48 Å². The van der Waals surface area contributed by atoms with Crippen LogP contribution >= 0.6 is 23.2 Å². The molecule has 5 heteroatoms. The summed E-state index contributed by atoms with van der Waals surface area (Å²) >= 11 is 11.9. The van der Waals surface area contributed by atoms with E-state index >= 15 is 0 Å². The minimum atomic E-state index is -0.0332. The Hall–Kier alpha value is -1.32. The number of nitrogens with zero attached hydrogens (tertiary/aromatic N) is 2. The van der Waals surface area contributed by atoms with E-state index in [9.17, 15) is 4.79 Å². The van der Waals surface area contributed by atoms with Gasteiger partial charge >= 0.3 is 0 Å². The van der Waals surface area contributed by atoms with Crippen LogP contribution in [-0.2, 0) is 13.5 Å². The highest BCUT2D eigenvalue weighted by molar-refractivity contribution is 6.42. The minimum Gasteiger partial charge on any atom is -0.292 e. The van der Waals surface area contributed by atoms with Crippen molar-refractivity contribution in [3.63, 3.8) is 0 Å². The van der Waals surface area contributed by atoms with Crippen molar-refractivity contribution in [3.8, 4) is 0 Å². The van der Waals surface area contributed by atoms with Crippen LogP contribution in [0.4, 0.5) is 0 Å². The number of carbonyl (C=O) groups is 1. The Morgan fingerprint density at radius 3 is 2.76 bits per heavy atom. The molecule has 0 saturated heterocycles. The van der Waals surface area contributed by atoms with Gasteiger partial charge in [0.25, 0.3) is 0 Å². The molecule has 0 saturated carbocycles. The topological polar surface area (TPSA) is 34.9 Å². The fraction of sp³-hybridized carbons (Fsp3) is 0.167. The van der Waals surface area contributed by atoms with E-state index in [1.54, 1.807) is 42.2 Å². The fourth-order valence-corrected chi connectivity index (χ4v) is 1.98. The maximum Gasteiger partial charge on any atom is 0.185 e. The smallest absolute Gasteiger partial charge is 0.185 e. The van der Waals surface area contributed by atoms with Gasteiger partial charge in [-0.15, -0.1) is 0 Å². The molecule has 0 fully saturated rings. The molecule has 88 valence electrons. The largest absolute Gasteiger partial charge is 0.292 e. The zero-order chi connectivity index (χ0) is 12.4. The van der Waals surface area contributed by atoms with Gasteiger partial charge in [0.15, 0.2) is 5.78 Å². The van der Waals surface area contributed by atoms with Crippen LogP contribution in [0.5, 0.6) is 0 Å². The lowest BCUT2D eigenvalue weighted by Gasteiger charge is -2.05. The molecule has 0 N–H and O–H groups in total. The minimum absolute atomic E-state index is 0.0332. The Morgan fingerprint density at radius 1 is 1.35 bits per heavy atom. The van der Waals surface area contributed by atoms with Crippen LogP contribution in [-0.4, -0.2) is 15.6 Å². The number of rotatable bonds is 3. The van der Waals surface area contributed by atoms with Crippen molar-refractivity contribution in [1.82, 2.24) is 9.78 Å². The molecule has 1 aromatic heterocycles. The van der Waals surface area contributed by atoms with Gasteiger partial charge in [0.05, 0.1) is 10.0 Å². The molecule has 3 nitrogen and oxygen atoms in total. The summed E-state index contributed by atoms with van der Waals surface area (Å²) in [7, 11) is 1.73. The quantitative estimate of drug-likeness (QED) is 0.802. The summed E-state index contributed by atoms with van der Waals surface area (Å²) in [5, 5.41) is 4.85. The average Bonchev–Trinajstić information content (AvgIpc) is 2.71. The summed E-state index contributed by atoms with van der Waals surface area (Å²) in [6.07, 6.45) is 1.81. The Balaban J connectivity index is 2.25. The van der Waals surface area contributed by atoms with Gasteiger partial charge in [-0.25, -0.2) is 0 Å². The third-order valence-corrected chi connectivity index (χ3v) is 3.35. The van der Waals surface area contributed by atoms with Gasteiger partial charge in [0, 0.05) is 19.7 Å². The van der Waals surface area contributed by atoms with Crippen LogP contribution in [0.2, 0.25) is 10.0 Å². The van der Waals surface area contributed by atoms with Crippen LogP contribution in [0, 0.1) is 0 Å². The fourth-order valence-electron chi connectivity index (χ4n) is 1.60. The summed E-state index contributed by atoms with van der Waals surface area (Å²) < 4.78 is 1.54. The Kier molecular flexibility index (Phi) is 3.50. The molecule has 0 aliphatic rings. The van der Waals surface area contributed by atoms with Gasteiger partial charge < -0.3 is 0 Å². The number of Topliss-reactive ketones (excluding diaryl/α,β-unsaturated/α-hetero) is 1. The molecule has 2 aromatic rings. The number of ketones is 1. The lowest BCUT2D eigenvalue weighted by atomic mass is 10.1. The average molecular weight is 269 g/mol.